The Labute approximate surface area is 185 Å². The largest absolute Gasteiger partial charge is 0.497 e. The van der Waals surface area contributed by atoms with Gasteiger partial charge in [-0.25, -0.2) is 0 Å². The number of nitrogens with zero attached hydrogens (tertiary/aromatic N) is 2. The van der Waals surface area contributed by atoms with Gasteiger partial charge in [-0.1, -0.05) is 27.7 Å². The fourth-order valence-corrected chi connectivity index (χ4v) is 3.51. The van der Waals surface area contributed by atoms with Crippen LogP contribution in [0.25, 0.3) is 11.5 Å². The molecule has 0 aliphatic rings. The molecule has 8 nitrogen and oxygen atoms in total. The maximum atomic E-state index is 12.0. The minimum atomic E-state index is -0.313. The van der Waals surface area contributed by atoms with Gasteiger partial charge in [-0.15, -0.1) is 10.2 Å². The van der Waals surface area contributed by atoms with Gasteiger partial charge in [0.2, 0.25) is 17.7 Å². The third-order valence-corrected chi connectivity index (χ3v) is 5.29. The average molecular weight is 491 g/mol. The van der Waals surface area contributed by atoms with E-state index in [1.807, 2.05) is 19.1 Å². The Bertz CT molecular complexity index is 1040. The van der Waals surface area contributed by atoms with E-state index in [1.54, 1.807) is 37.4 Å². The first-order valence-corrected chi connectivity index (χ1v) is 10.7. The van der Waals surface area contributed by atoms with Crippen LogP contribution in [0.1, 0.15) is 5.56 Å². The minimum Gasteiger partial charge on any atom is -0.497 e. The van der Waals surface area contributed by atoms with Crippen LogP contribution in [0.2, 0.25) is 0 Å². The summed E-state index contributed by atoms with van der Waals surface area (Å²) in [5, 5.41) is 13.5. The van der Waals surface area contributed by atoms with Crippen molar-refractivity contribution in [3.63, 3.8) is 0 Å². The second-order valence-corrected chi connectivity index (χ2v) is 8.02. The third-order valence-electron chi connectivity index (χ3n) is 3.98. The summed E-state index contributed by atoms with van der Waals surface area (Å²) >= 11 is 4.47. The molecule has 3 aromatic rings. The first-order chi connectivity index (χ1) is 14.4. The Morgan fingerprint density at radius 3 is 2.60 bits per heavy atom. The van der Waals surface area contributed by atoms with Gasteiger partial charge in [0.25, 0.3) is 5.22 Å². The van der Waals surface area contributed by atoms with Crippen molar-refractivity contribution in [1.29, 1.82) is 0 Å². The molecule has 156 valence electrons. The lowest BCUT2D eigenvalue weighted by Crippen LogP contribution is -2.34. The minimum absolute atomic E-state index is 0.0504. The van der Waals surface area contributed by atoms with Crippen molar-refractivity contribution in [2.24, 2.45) is 0 Å². The van der Waals surface area contributed by atoms with E-state index in [4.69, 9.17) is 9.15 Å². The highest BCUT2D eigenvalue weighted by atomic mass is 79.9. The Morgan fingerprint density at radius 2 is 1.90 bits per heavy atom. The molecule has 10 heteroatoms. The molecule has 0 radical (unpaired) electrons. The highest BCUT2D eigenvalue weighted by Gasteiger charge is 2.12. The standard InChI is InChI=1S/C20H19BrN4O4S/c1-12-9-14(21)5-8-16(12)23-17(26)10-22-18(27)11-30-20-25-24-19(29-20)13-3-6-15(28-2)7-4-13/h3-9H,10-11H2,1-2H3,(H,22,27)(H,23,26). The molecular formula is C20H19BrN4O4S. The maximum Gasteiger partial charge on any atom is 0.277 e. The Morgan fingerprint density at radius 1 is 1.13 bits per heavy atom. The SMILES string of the molecule is COc1ccc(-c2nnc(SCC(=O)NCC(=O)Nc3ccc(Br)cc3C)o2)cc1. The predicted molar refractivity (Wildman–Crippen MR) is 118 cm³/mol. The van der Waals surface area contributed by atoms with Crippen LogP contribution in [0.3, 0.4) is 0 Å². The molecule has 0 spiro atoms. The first-order valence-electron chi connectivity index (χ1n) is 8.88. The van der Waals surface area contributed by atoms with Crippen molar-refractivity contribution in [3.05, 3.63) is 52.5 Å². The first kappa shape index (κ1) is 21.8. The zero-order valence-electron chi connectivity index (χ0n) is 16.3. The maximum absolute atomic E-state index is 12.0. The van der Waals surface area contributed by atoms with E-state index in [9.17, 15) is 9.59 Å². The molecule has 0 saturated heterocycles. The average Bonchev–Trinajstić information content (AvgIpc) is 3.22. The normalized spacial score (nSPS) is 10.5. The molecule has 2 N–H and O–H groups in total. The van der Waals surface area contributed by atoms with Crippen molar-refractivity contribution >= 4 is 45.2 Å². The lowest BCUT2D eigenvalue weighted by atomic mass is 10.2. The molecule has 0 bridgehead atoms. The van der Waals surface area contributed by atoms with Crippen molar-refractivity contribution in [2.45, 2.75) is 12.1 Å². The number of thioether (sulfide) groups is 1. The zero-order chi connectivity index (χ0) is 21.5. The van der Waals surface area contributed by atoms with Crippen molar-refractivity contribution in [1.82, 2.24) is 15.5 Å². The number of methoxy groups -OCH3 is 1. The lowest BCUT2D eigenvalue weighted by molar-refractivity contribution is -0.122. The molecule has 0 aliphatic carbocycles. The second kappa shape index (κ2) is 10.3. The number of nitrogens with one attached hydrogen (secondary N) is 2. The van der Waals surface area contributed by atoms with Gasteiger partial charge < -0.3 is 19.8 Å². The molecular weight excluding hydrogens is 472 g/mol. The summed E-state index contributed by atoms with van der Waals surface area (Å²) in [6.45, 7) is 1.76. The molecule has 0 atom stereocenters. The predicted octanol–water partition coefficient (Wildman–Crippen LogP) is 3.66. The molecule has 3 rings (SSSR count). The van der Waals surface area contributed by atoms with Crippen LogP contribution in [-0.4, -0.2) is 41.4 Å². The summed E-state index contributed by atoms with van der Waals surface area (Å²) in [5.74, 6) is 0.508. The highest BCUT2D eigenvalue weighted by Crippen LogP contribution is 2.24. The van der Waals surface area contributed by atoms with Crippen LogP contribution in [0.15, 0.2) is 56.6 Å². The number of hydrogen-bond acceptors (Lipinski definition) is 7. The summed E-state index contributed by atoms with van der Waals surface area (Å²) in [5.41, 5.74) is 2.37. The number of amides is 2. The Kier molecular flexibility index (Phi) is 7.47. The lowest BCUT2D eigenvalue weighted by Gasteiger charge is -2.09. The summed E-state index contributed by atoms with van der Waals surface area (Å²) in [7, 11) is 1.59. The van der Waals surface area contributed by atoms with Crippen LogP contribution in [0.5, 0.6) is 5.75 Å². The van der Waals surface area contributed by atoms with Crippen LogP contribution in [-0.2, 0) is 9.59 Å². The smallest absolute Gasteiger partial charge is 0.277 e. The second-order valence-electron chi connectivity index (χ2n) is 6.17. The Balaban J connectivity index is 1.44. The van der Waals surface area contributed by atoms with Gasteiger partial charge in [0.15, 0.2) is 0 Å². The molecule has 0 aliphatic heterocycles. The van der Waals surface area contributed by atoms with E-state index in [1.165, 1.54) is 0 Å². The summed E-state index contributed by atoms with van der Waals surface area (Å²) in [6, 6.07) is 12.7. The van der Waals surface area contributed by atoms with Gasteiger partial charge in [0.1, 0.15) is 5.75 Å². The van der Waals surface area contributed by atoms with Crippen LogP contribution < -0.4 is 15.4 Å². The fourth-order valence-electron chi connectivity index (χ4n) is 2.44. The van der Waals surface area contributed by atoms with Gasteiger partial charge in [0, 0.05) is 15.7 Å². The molecule has 0 saturated carbocycles. The van der Waals surface area contributed by atoms with Crippen LogP contribution in [0, 0.1) is 6.92 Å². The van der Waals surface area contributed by atoms with Crippen molar-refractivity contribution < 1.29 is 18.7 Å². The van der Waals surface area contributed by atoms with E-state index < -0.39 is 0 Å². The van der Waals surface area contributed by atoms with E-state index in [0.29, 0.717) is 11.6 Å². The number of aryl methyl sites for hydroxylation is 1. The van der Waals surface area contributed by atoms with Gasteiger partial charge in [-0.3, -0.25) is 9.59 Å². The number of anilines is 1. The highest BCUT2D eigenvalue weighted by molar-refractivity contribution is 9.10. The van der Waals surface area contributed by atoms with Crippen LogP contribution >= 0.6 is 27.7 Å². The van der Waals surface area contributed by atoms with Crippen LogP contribution in [0.4, 0.5) is 5.69 Å². The van der Waals surface area contributed by atoms with Gasteiger partial charge in [-0.05, 0) is 55.0 Å². The number of ether oxygens (including phenoxy) is 1. The third kappa shape index (κ3) is 6.07. The molecule has 1 heterocycles. The topological polar surface area (TPSA) is 106 Å². The molecule has 0 fully saturated rings. The van der Waals surface area contributed by atoms with Crippen molar-refractivity contribution in [2.75, 3.05) is 24.7 Å². The van der Waals surface area contributed by atoms with E-state index in [0.717, 1.165) is 33.1 Å². The number of halogens is 1. The summed E-state index contributed by atoms with van der Waals surface area (Å²) < 4.78 is 11.6. The fraction of sp³-hybridized carbons (Fsp3) is 0.200. The monoisotopic (exact) mass is 490 g/mol. The van der Waals surface area contributed by atoms with E-state index >= 15 is 0 Å². The van der Waals surface area contributed by atoms with Gasteiger partial charge >= 0.3 is 0 Å². The molecule has 0 unspecified atom stereocenters. The summed E-state index contributed by atoms with van der Waals surface area (Å²) in [4.78, 5) is 24.1. The number of rotatable bonds is 8. The summed E-state index contributed by atoms with van der Waals surface area (Å²) in [6.07, 6.45) is 0. The number of hydrogen-bond donors (Lipinski definition) is 2. The molecule has 30 heavy (non-hydrogen) atoms. The number of aromatic nitrogens is 2. The number of carbonyl (C=O) groups excluding carboxylic acids is 2. The quantitative estimate of drug-likeness (QED) is 0.464. The molecule has 1 aromatic heterocycles. The van der Waals surface area contributed by atoms with E-state index in [2.05, 4.69) is 36.8 Å². The number of benzene rings is 2. The number of carbonyl (C=O) groups is 2. The van der Waals surface area contributed by atoms with Gasteiger partial charge in [-0.2, -0.15) is 0 Å². The van der Waals surface area contributed by atoms with Gasteiger partial charge in [0.05, 0.1) is 19.4 Å². The van der Waals surface area contributed by atoms with E-state index in [-0.39, 0.29) is 29.3 Å². The Hall–Kier alpha value is -2.85. The zero-order valence-corrected chi connectivity index (χ0v) is 18.7. The van der Waals surface area contributed by atoms with Crippen molar-refractivity contribution in [3.8, 4) is 17.2 Å². The molecule has 2 aromatic carbocycles. The molecule has 2 amide bonds.